The number of aromatic nitrogens is 2. The van der Waals surface area contributed by atoms with Crippen LogP contribution in [0.25, 0.3) is 122 Å². The lowest BCUT2D eigenvalue weighted by Crippen LogP contribution is -1.95. The molecule has 0 spiro atoms. The molecule has 0 aliphatic carbocycles. The van der Waals surface area contributed by atoms with Crippen LogP contribution in [0.2, 0.25) is 0 Å². The quantitative estimate of drug-likeness (QED) is 0.0890. The van der Waals surface area contributed by atoms with Crippen LogP contribution in [0.15, 0.2) is 231 Å². The number of pyridine rings is 1. The first-order valence-electron chi connectivity index (χ1n) is 22.1. The number of fused-ring (bicyclic) bond motifs is 9. The fourth-order valence-electron chi connectivity index (χ4n) is 9.93. The standard InChI is InChI=1S/C62H42N2/c1-2-3-6-18-41-19-17-26-48(37-41)59-52-29-15-14-28-51(52)58(49-32-31-42-20-11-12-25-45(42)38-49)53-35-33-46(40-56(53)59)47-34-36-57-55(39-47)50-27-13-16-30-54(50)62-63-60(43-21-7-4-8-22-43)61(64(57)62)44-23-9-5-10-24-44/h2-40H,1H3/b3-2-,18-6-. The normalized spacial score (nSPS) is 12.0. The number of rotatable bonds is 7. The first-order valence-corrected chi connectivity index (χ1v) is 22.1. The van der Waals surface area contributed by atoms with E-state index in [1.54, 1.807) is 0 Å². The summed E-state index contributed by atoms with van der Waals surface area (Å²) >= 11 is 0. The van der Waals surface area contributed by atoms with Gasteiger partial charge in [0.25, 0.3) is 0 Å². The van der Waals surface area contributed by atoms with E-state index in [-0.39, 0.29) is 0 Å². The van der Waals surface area contributed by atoms with Gasteiger partial charge in [0, 0.05) is 21.9 Å². The number of nitrogens with zero attached hydrogens (tertiary/aromatic N) is 2. The molecular weight excluding hydrogens is 773 g/mol. The molecule has 2 heteroatoms. The topological polar surface area (TPSA) is 17.3 Å². The molecule has 0 aliphatic rings. The van der Waals surface area contributed by atoms with Gasteiger partial charge in [-0.2, -0.15) is 0 Å². The molecule has 64 heavy (non-hydrogen) atoms. The van der Waals surface area contributed by atoms with Crippen molar-refractivity contribution in [3.05, 3.63) is 236 Å². The van der Waals surface area contributed by atoms with Crippen LogP contribution in [-0.4, -0.2) is 9.38 Å². The molecule has 0 radical (unpaired) electrons. The Bertz CT molecular complexity index is 3830. The number of benzene rings is 10. The van der Waals surface area contributed by atoms with E-state index in [1.165, 1.54) is 76.5 Å². The van der Waals surface area contributed by atoms with Gasteiger partial charge in [-0.1, -0.05) is 206 Å². The molecule has 300 valence electrons. The fraction of sp³-hybridized carbons (Fsp3) is 0.0161. The van der Waals surface area contributed by atoms with Gasteiger partial charge in [0.05, 0.1) is 16.9 Å². The van der Waals surface area contributed by atoms with E-state index in [9.17, 15) is 0 Å². The molecule has 2 nitrogen and oxygen atoms in total. The summed E-state index contributed by atoms with van der Waals surface area (Å²) in [5, 5.41) is 10.9. The molecule has 12 aromatic rings. The Hall–Kier alpha value is -8.33. The molecule has 0 bridgehead atoms. The monoisotopic (exact) mass is 814 g/mol. The van der Waals surface area contributed by atoms with Crippen molar-refractivity contribution in [3.8, 4) is 55.9 Å². The minimum atomic E-state index is 0.958. The number of hydrogen-bond donors (Lipinski definition) is 0. The van der Waals surface area contributed by atoms with E-state index in [1.807, 2.05) is 6.92 Å². The van der Waals surface area contributed by atoms with Crippen molar-refractivity contribution < 1.29 is 0 Å². The highest BCUT2D eigenvalue weighted by Gasteiger charge is 2.22. The van der Waals surface area contributed by atoms with Crippen molar-refractivity contribution in [2.45, 2.75) is 6.92 Å². The van der Waals surface area contributed by atoms with Gasteiger partial charge in [0.15, 0.2) is 0 Å². The third kappa shape index (κ3) is 6.22. The summed E-state index contributed by atoms with van der Waals surface area (Å²) in [5.41, 5.74) is 14.8. The molecule has 0 amide bonds. The minimum Gasteiger partial charge on any atom is -0.291 e. The number of allylic oxidation sites excluding steroid dienone is 3. The Labute approximate surface area is 372 Å². The minimum absolute atomic E-state index is 0.958. The molecule has 0 N–H and O–H groups in total. The molecule has 0 saturated carbocycles. The molecule has 2 aromatic heterocycles. The van der Waals surface area contributed by atoms with Crippen LogP contribution >= 0.6 is 0 Å². The molecule has 0 fully saturated rings. The highest BCUT2D eigenvalue weighted by atomic mass is 15.0. The van der Waals surface area contributed by atoms with Gasteiger partial charge in [-0.05, 0) is 114 Å². The lowest BCUT2D eigenvalue weighted by Gasteiger charge is -2.19. The van der Waals surface area contributed by atoms with Crippen LogP contribution in [0.3, 0.4) is 0 Å². The molecular formula is C62H42N2. The third-order valence-electron chi connectivity index (χ3n) is 12.8. The molecule has 10 aromatic carbocycles. The van der Waals surface area contributed by atoms with E-state index in [0.29, 0.717) is 0 Å². The van der Waals surface area contributed by atoms with Crippen molar-refractivity contribution in [1.29, 1.82) is 0 Å². The third-order valence-corrected chi connectivity index (χ3v) is 12.8. The molecule has 0 saturated heterocycles. The Morgan fingerprint density at radius 1 is 0.375 bits per heavy atom. The van der Waals surface area contributed by atoms with E-state index in [2.05, 4.69) is 241 Å². The van der Waals surface area contributed by atoms with Gasteiger partial charge in [-0.3, -0.25) is 4.40 Å². The van der Waals surface area contributed by atoms with E-state index >= 15 is 0 Å². The predicted octanol–water partition coefficient (Wildman–Crippen LogP) is 17.0. The SMILES string of the molecule is C/C=C\C=C/c1cccc(-c2c3ccccc3c(-c3ccc4ccccc4c3)c3ccc(-c4ccc5c(c4)c4ccccc4c4nc(-c6ccccc6)c(-c6ccccc6)n54)cc23)c1. The molecule has 12 rings (SSSR count). The number of imidazole rings is 1. The zero-order valence-corrected chi connectivity index (χ0v) is 35.4. The Kier molecular flexibility index (Phi) is 9.09. The van der Waals surface area contributed by atoms with Crippen LogP contribution in [0, 0.1) is 0 Å². The maximum absolute atomic E-state index is 5.45. The zero-order chi connectivity index (χ0) is 42.6. The van der Waals surface area contributed by atoms with Crippen LogP contribution in [0.5, 0.6) is 0 Å². The maximum atomic E-state index is 5.45. The summed E-state index contributed by atoms with van der Waals surface area (Å²) < 4.78 is 2.39. The van der Waals surface area contributed by atoms with Crippen molar-refractivity contribution in [2.75, 3.05) is 0 Å². The zero-order valence-electron chi connectivity index (χ0n) is 35.4. The summed E-state index contributed by atoms with van der Waals surface area (Å²) in [6, 6.07) is 77.6. The lowest BCUT2D eigenvalue weighted by molar-refractivity contribution is 1.27. The highest BCUT2D eigenvalue weighted by molar-refractivity contribution is 6.22. The second-order valence-corrected chi connectivity index (χ2v) is 16.6. The highest BCUT2D eigenvalue weighted by Crippen LogP contribution is 2.46. The van der Waals surface area contributed by atoms with Crippen LogP contribution < -0.4 is 0 Å². The summed E-state index contributed by atoms with van der Waals surface area (Å²) in [6.07, 6.45) is 8.44. The first-order chi connectivity index (χ1) is 31.7. The largest absolute Gasteiger partial charge is 0.291 e. The van der Waals surface area contributed by atoms with Crippen molar-refractivity contribution in [3.63, 3.8) is 0 Å². The van der Waals surface area contributed by atoms with E-state index in [4.69, 9.17) is 4.98 Å². The van der Waals surface area contributed by atoms with Crippen LogP contribution in [0.4, 0.5) is 0 Å². The smallest absolute Gasteiger partial charge is 0.146 e. The maximum Gasteiger partial charge on any atom is 0.146 e. The van der Waals surface area contributed by atoms with E-state index < -0.39 is 0 Å². The van der Waals surface area contributed by atoms with Gasteiger partial charge in [-0.25, -0.2) is 4.98 Å². The molecule has 0 atom stereocenters. The fourth-order valence-corrected chi connectivity index (χ4v) is 9.93. The summed E-state index contributed by atoms with van der Waals surface area (Å²) in [6.45, 7) is 2.05. The Morgan fingerprint density at radius 3 is 1.72 bits per heavy atom. The van der Waals surface area contributed by atoms with Crippen molar-refractivity contribution in [1.82, 2.24) is 9.38 Å². The van der Waals surface area contributed by atoms with Crippen molar-refractivity contribution >= 4 is 65.7 Å². The summed E-state index contributed by atoms with van der Waals surface area (Å²) in [5.74, 6) is 0. The van der Waals surface area contributed by atoms with Gasteiger partial charge in [0.2, 0.25) is 0 Å². The predicted molar refractivity (Wildman–Crippen MR) is 274 cm³/mol. The number of hydrogen-bond acceptors (Lipinski definition) is 1. The average Bonchev–Trinajstić information content (AvgIpc) is 3.77. The van der Waals surface area contributed by atoms with Gasteiger partial charge in [0.1, 0.15) is 5.65 Å². The van der Waals surface area contributed by atoms with Crippen LogP contribution in [0.1, 0.15) is 12.5 Å². The van der Waals surface area contributed by atoms with Gasteiger partial charge < -0.3 is 0 Å². The first kappa shape index (κ1) is 37.4. The van der Waals surface area contributed by atoms with Gasteiger partial charge >= 0.3 is 0 Å². The Balaban J connectivity index is 1.14. The Morgan fingerprint density at radius 2 is 0.953 bits per heavy atom. The average molecular weight is 815 g/mol. The van der Waals surface area contributed by atoms with E-state index in [0.717, 1.165) is 44.6 Å². The second kappa shape index (κ2) is 15.5. The van der Waals surface area contributed by atoms with Crippen LogP contribution in [-0.2, 0) is 0 Å². The summed E-state index contributed by atoms with van der Waals surface area (Å²) in [4.78, 5) is 5.45. The lowest BCUT2D eigenvalue weighted by atomic mass is 9.84. The summed E-state index contributed by atoms with van der Waals surface area (Å²) in [7, 11) is 0. The van der Waals surface area contributed by atoms with Crippen molar-refractivity contribution in [2.24, 2.45) is 0 Å². The second-order valence-electron chi connectivity index (χ2n) is 16.6. The van der Waals surface area contributed by atoms with Gasteiger partial charge in [-0.15, -0.1) is 0 Å². The molecule has 0 unspecified atom stereocenters. The molecule has 0 aliphatic heterocycles. The molecule has 2 heterocycles.